The van der Waals surface area contributed by atoms with Crippen LogP contribution in [0.2, 0.25) is 0 Å². The van der Waals surface area contributed by atoms with E-state index in [1.165, 1.54) is 0 Å². The van der Waals surface area contributed by atoms with Crippen LogP contribution in [0.25, 0.3) is 0 Å². The first-order chi connectivity index (χ1) is 28.1. The molecular weight excluding hydrogens is 1030 g/mol. The van der Waals surface area contributed by atoms with Gasteiger partial charge in [-0.3, -0.25) is 0 Å². The fourth-order valence-electron chi connectivity index (χ4n) is 5.47. The van der Waals surface area contributed by atoms with Crippen molar-refractivity contribution in [1.82, 2.24) is 0 Å². The van der Waals surface area contributed by atoms with Crippen molar-refractivity contribution in [3.63, 3.8) is 0 Å². The van der Waals surface area contributed by atoms with E-state index in [-0.39, 0.29) is 25.9 Å². The first kappa shape index (κ1) is 63.5. The molecule has 0 N–H and O–H groups in total. The monoisotopic (exact) mass is 1070 g/mol. The van der Waals surface area contributed by atoms with E-state index in [0.717, 1.165) is 28.2 Å². The smallest absolute Gasteiger partial charge is 0.328 e. The Morgan fingerprint density at radius 3 is 0.545 bits per heavy atom. The van der Waals surface area contributed by atoms with E-state index in [0.29, 0.717) is 0 Å². The molecule has 0 rings (SSSR count). The van der Waals surface area contributed by atoms with Crippen molar-refractivity contribution in [3.05, 3.63) is 0 Å². The second kappa shape index (κ2) is 17.7. The maximum Gasteiger partial charge on any atom is 0.460 e. The Labute approximate surface area is 347 Å². The summed E-state index contributed by atoms with van der Waals surface area (Å²) in [4.78, 5) is 0. The molecule has 0 bridgehead atoms. The van der Waals surface area contributed by atoms with Gasteiger partial charge in [0, 0.05) is 38.5 Å². The van der Waals surface area contributed by atoms with Gasteiger partial charge in [0.15, 0.2) is 0 Å². The maximum absolute atomic E-state index is 14.3. The second-order valence-corrected chi connectivity index (χ2v) is 16.0. The Morgan fingerprint density at radius 2 is 0.364 bits per heavy atom. The van der Waals surface area contributed by atoms with Crippen LogP contribution in [0, 0.1) is 0 Å². The van der Waals surface area contributed by atoms with Gasteiger partial charge in [0.2, 0.25) is 0 Å². The van der Waals surface area contributed by atoms with Gasteiger partial charge < -0.3 is 8.97 Å². The molecule has 0 aliphatic rings. The van der Waals surface area contributed by atoms with Crippen molar-refractivity contribution >= 4 is 0 Å². The van der Waals surface area contributed by atoms with Crippen molar-refractivity contribution in [3.8, 4) is 0 Å². The van der Waals surface area contributed by atoms with Gasteiger partial charge in [0.05, 0.1) is 54.4 Å². The fourth-order valence-corrected chi connectivity index (χ4v) is 5.47. The van der Waals surface area contributed by atoms with Crippen LogP contribution < -0.4 is 0 Å². The van der Waals surface area contributed by atoms with Crippen molar-refractivity contribution in [2.24, 2.45) is 0 Å². The average Bonchev–Trinajstić information content (AvgIpc) is 3.07. The summed E-state index contributed by atoms with van der Waals surface area (Å²) in [6.07, 6.45) is -24.9. The van der Waals surface area contributed by atoms with Gasteiger partial charge >= 0.3 is 95.3 Å². The number of unbranched alkanes of at least 4 members (excludes halogenated alkanes) is 1. The second-order valence-electron chi connectivity index (χ2n) is 16.0. The van der Waals surface area contributed by atoms with Crippen LogP contribution in [0.1, 0.15) is 38.5 Å². The molecule has 0 saturated carbocycles. The zero-order valence-corrected chi connectivity index (χ0v) is 32.8. The summed E-state index contributed by atoms with van der Waals surface area (Å²) in [5.74, 6) is -115. The van der Waals surface area contributed by atoms with Crippen LogP contribution in [0.5, 0.6) is 0 Å². The van der Waals surface area contributed by atoms with Crippen LogP contribution in [0.4, 0.5) is 149 Å². The summed E-state index contributed by atoms with van der Waals surface area (Å²) >= 11 is 0. The molecule has 0 heterocycles. The molecule has 2 nitrogen and oxygen atoms in total. The lowest BCUT2D eigenvalue weighted by Crippen LogP contribution is -2.74. The molecule has 0 aromatic rings. The van der Waals surface area contributed by atoms with Crippen LogP contribution in [0.3, 0.4) is 0 Å². The summed E-state index contributed by atoms with van der Waals surface area (Å²) < 4.78 is 457. The molecule has 0 aromatic carbocycles. The van der Waals surface area contributed by atoms with Crippen molar-refractivity contribution < 1.29 is 158 Å². The minimum Gasteiger partial charge on any atom is -0.328 e. The molecule has 0 amide bonds. The van der Waals surface area contributed by atoms with Crippen molar-refractivity contribution in [2.45, 2.75) is 134 Å². The van der Waals surface area contributed by atoms with E-state index >= 15 is 0 Å². The standard InChI is InChI=1S/C30H32F34N2/c1-65(2,13-7-9-15(31,32)17(35,36)19(39,40)21(43,44)23(47,48)25(51,52)27(55,56)29(59,60)61)11-5-6-12-66(3,4)14-8-10-16(33,34)18(37,38)20(41,42)22(45,46)24(49,50)26(53,54)28(57,58)30(62,63)64/h5-14H2,1-4H3/q+2. The molecule has 0 aromatic heterocycles. The molecule has 36 heteroatoms. The number of nitrogens with zero attached hydrogens (tertiary/aromatic N) is 2. The Balaban J connectivity index is 5.78. The van der Waals surface area contributed by atoms with Gasteiger partial charge in [-0.25, -0.2) is 0 Å². The van der Waals surface area contributed by atoms with E-state index in [1.54, 1.807) is 0 Å². The summed E-state index contributed by atoms with van der Waals surface area (Å²) in [6.45, 7) is -2.62. The molecule has 0 atom stereocenters. The lowest BCUT2D eigenvalue weighted by atomic mass is 9.88. The highest BCUT2D eigenvalue weighted by molar-refractivity contribution is 5.16. The number of halogens is 34. The highest BCUT2D eigenvalue weighted by Crippen LogP contribution is 2.66. The molecule has 0 aliphatic carbocycles. The van der Waals surface area contributed by atoms with Crippen molar-refractivity contribution in [2.75, 3.05) is 54.4 Å². The van der Waals surface area contributed by atoms with Gasteiger partial charge in [-0.15, -0.1) is 0 Å². The van der Waals surface area contributed by atoms with Crippen LogP contribution >= 0.6 is 0 Å². The molecule has 0 aliphatic heterocycles. The molecule has 0 fully saturated rings. The Hall–Kier alpha value is -2.46. The SMILES string of the molecule is C[N+](C)(CCCC[N+](C)(C)CCCC(F)(F)C(F)(F)C(F)(F)C(F)(F)C(F)(F)C(F)(F)C(F)(F)C(F)(F)F)CCCC(F)(F)C(F)(F)C(F)(F)C(F)(F)C(F)(F)C(F)(F)C(F)(F)C(F)(F)F. The predicted molar refractivity (Wildman–Crippen MR) is 153 cm³/mol. The van der Waals surface area contributed by atoms with E-state index < -0.39 is 143 Å². The zero-order chi connectivity index (χ0) is 54.1. The van der Waals surface area contributed by atoms with Gasteiger partial charge in [-0.2, -0.15) is 149 Å². The van der Waals surface area contributed by atoms with Crippen molar-refractivity contribution in [1.29, 1.82) is 0 Å². The molecule has 398 valence electrons. The van der Waals surface area contributed by atoms with Gasteiger partial charge in [0.25, 0.3) is 0 Å². The summed E-state index contributed by atoms with van der Waals surface area (Å²) in [6, 6.07) is 0. The quantitative estimate of drug-likeness (QED) is 0.0486. The summed E-state index contributed by atoms with van der Waals surface area (Å²) in [5, 5.41) is 0. The average molecular weight is 1070 g/mol. The normalized spacial score (nSPS) is 16.6. The number of hydrogen-bond donors (Lipinski definition) is 0. The molecule has 66 heavy (non-hydrogen) atoms. The summed E-state index contributed by atoms with van der Waals surface area (Å²) in [5.41, 5.74) is 0. The predicted octanol–water partition coefficient (Wildman–Crippen LogP) is 13.5. The van der Waals surface area contributed by atoms with E-state index in [1.807, 2.05) is 0 Å². The number of rotatable bonds is 25. The molecule has 0 spiro atoms. The van der Waals surface area contributed by atoms with Crippen LogP contribution in [0.15, 0.2) is 0 Å². The molecule has 0 radical (unpaired) electrons. The first-order valence-electron chi connectivity index (χ1n) is 17.2. The Morgan fingerprint density at radius 1 is 0.212 bits per heavy atom. The van der Waals surface area contributed by atoms with Crippen LogP contribution in [-0.2, 0) is 0 Å². The largest absolute Gasteiger partial charge is 0.460 e. The minimum atomic E-state index is -8.82. The summed E-state index contributed by atoms with van der Waals surface area (Å²) in [7, 11) is 4.01. The highest BCUT2D eigenvalue weighted by Gasteiger charge is 2.97. The lowest BCUT2D eigenvalue weighted by molar-refractivity contribution is -0.897. The Bertz CT molecular complexity index is 1500. The Kier molecular flexibility index (Phi) is 17.1. The van der Waals surface area contributed by atoms with E-state index in [9.17, 15) is 149 Å². The zero-order valence-electron chi connectivity index (χ0n) is 32.8. The number of quaternary nitrogens is 2. The third-order valence-electron chi connectivity index (χ3n) is 9.86. The molecule has 0 unspecified atom stereocenters. The number of alkyl halides is 34. The first-order valence-corrected chi connectivity index (χ1v) is 17.2. The number of hydrogen-bond acceptors (Lipinski definition) is 0. The molecule has 0 saturated heterocycles. The minimum absolute atomic E-state index is 0.251. The topological polar surface area (TPSA) is 0 Å². The third-order valence-corrected chi connectivity index (χ3v) is 9.86. The van der Waals surface area contributed by atoms with E-state index in [2.05, 4.69) is 0 Å². The highest BCUT2D eigenvalue weighted by atomic mass is 19.4. The third kappa shape index (κ3) is 10.2. The fraction of sp³-hybridized carbons (Fsp3) is 1.00. The van der Waals surface area contributed by atoms with Gasteiger partial charge in [-0.05, 0) is 0 Å². The van der Waals surface area contributed by atoms with E-state index in [4.69, 9.17) is 0 Å². The van der Waals surface area contributed by atoms with Gasteiger partial charge in [0.1, 0.15) is 0 Å². The van der Waals surface area contributed by atoms with Crippen LogP contribution in [-0.4, -0.2) is 159 Å². The maximum atomic E-state index is 14.3. The lowest BCUT2D eigenvalue weighted by Gasteiger charge is -2.43. The van der Waals surface area contributed by atoms with Gasteiger partial charge in [-0.1, -0.05) is 0 Å². The molecular formula is C30H32F34N2+2.